The van der Waals surface area contributed by atoms with E-state index in [1.807, 2.05) is 41.8 Å². The van der Waals surface area contributed by atoms with Crippen LogP contribution < -0.4 is 10.7 Å². The van der Waals surface area contributed by atoms with Crippen LogP contribution in [-0.2, 0) is 30.9 Å². The molecule has 0 radical (unpaired) electrons. The average Bonchev–Trinajstić information content (AvgIpc) is 2.74. The summed E-state index contributed by atoms with van der Waals surface area (Å²) >= 11 is 6.28. The third kappa shape index (κ3) is 5.14. The Hall–Kier alpha value is -2.96. The van der Waals surface area contributed by atoms with Gasteiger partial charge in [0.05, 0.1) is 12.3 Å². The second-order valence-electron chi connectivity index (χ2n) is 6.94. The van der Waals surface area contributed by atoms with Crippen molar-refractivity contribution in [3.05, 3.63) is 98.2 Å². The van der Waals surface area contributed by atoms with Gasteiger partial charge in [-0.15, -0.1) is 0 Å². The van der Waals surface area contributed by atoms with Gasteiger partial charge in [0, 0.05) is 49.4 Å². The molecule has 0 saturated carbocycles. The first-order valence-corrected chi connectivity index (χ1v) is 10.0. The quantitative estimate of drug-likeness (QED) is 0.599. The molecule has 2 heterocycles. The van der Waals surface area contributed by atoms with Crippen molar-refractivity contribution in [2.24, 2.45) is 0 Å². The molecule has 6 nitrogen and oxygen atoms in total. The summed E-state index contributed by atoms with van der Waals surface area (Å²) < 4.78 is 7.28. The number of pyridine rings is 2. The van der Waals surface area contributed by atoms with Crippen LogP contribution in [0.1, 0.15) is 32.9 Å². The van der Waals surface area contributed by atoms with Crippen molar-refractivity contribution < 1.29 is 9.53 Å². The van der Waals surface area contributed by atoms with E-state index in [0.717, 1.165) is 16.8 Å². The Kier molecular flexibility index (Phi) is 7.38. The zero-order valence-corrected chi connectivity index (χ0v) is 17.8. The number of carbonyl (C=O) groups is 1. The smallest absolute Gasteiger partial charge is 0.257 e. The molecule has 1 N–H and O–H groups in total. The monoisotopic (exact) mass is 425 g/mol. The van der Waals surface area contributed by atoms with Crippen molar-refractivity contribution in [3.63, 3.8) is 0 Å². The fourth-order valence-corrected chi connectivity index (χ4v) is 3.61. The maximum absolute atomic E-state index is 12.9. The first-order valence-electron chi connectivity index (χ1n) is 9.64. The van der Waals surface area contributed by atoms with Crippen molar-refractivity contribution in [2.75, 3.05) is 7.11 Å². The van der Waals surface area contributed by atoms with Gasteiger partial charge in [0.15, 0.2) is 5.43 Å². The van der Waals surface area contributed by atoms with Gasteiger partial charge in [-0.25, -0.2) is 0 Å². The number of benzene rings is 1. The number of halogens is 1. The number of nitrogens with one attached hydrogen (secondary N) is 1. The van der Waals surface area contributed by atoms with E-state index in [0.29, 0.717) is 23.7 Å². The largest absolute Gasteiger partial charge is 0.378 e. The highest BCUT2D eigenvalue weighted by Gasteiger charge is 2.20. The number of aromatic nitrogens is 2. The highest BCUT2D eigenvalue weighted by molar-refractivity contribution is 6.31. The Morgan fingerprint density at radius 2 is 2.03 bits per heavy atom. The van der Waals surface area contributed by atoms with Gasteiger partial charge in [0.25, 0.3) is 5.91 Å². The van der Waals surface area contributed by atoms with Gasteiger partial charge in [-0.1, -0.05) is 35.9 Å². The van der Waals surface area contributed by atoms with E-state index in [9.17, 15) is 9.59 Å². The Balaban J connectivity index is 1.90. The highest BCUT2D eigenvalue weighted by Crippen LogP contribution is 2.18. The Bertz CT molecular complexity index is 1080. The summed E-state index contributed by atoms with van der Waals surface area (Å²) in [5, 5.41) is 3.51. The van der Waals surface area contributed by atoms with Crippen LogP contribution in [0.2, 0.25) is 5.02 Å². The SMILES string of the molecule is COCc1c(C(=O)NCc2cccnc2)c(=O)cc(C)n1CCc1ccccc1Cl. The molecule has 1 aromatic carbocycles. The molecule has 2 aromatic heterocycles. The molecule has 0 atom stereocenters. The minimum atomic E-state index is -0.428. The lowest BCUT2D eigenvalue weighted by atomic mass is 10.1. The molecule has 3 aromatic rings. The van der Waals surface area contributed by atoms with Crippen LogP contribution in [0.25, 0.3) is 0 Å². The standard InChI is InChI=1S/C23H24ClN3O3/c1-16-12-21(28)22(23(29)26-14-17-6-5-10-25-13-17)20(15-30-2)27(16)11-9-18-7-3-4-8-19(18)24/h3-8,10,12-13H,9,11,14-15H2,1-2H3,(H,26,29). The van der Waals surface area contributed by atoms with Crippen LogP contribution in [0.15, 0.2) is 59.7 Å². The molecule has 0 bridgehead atoms. The number of rotatable bonds is 8. The highest BCUT2D eigenvalue weighted by atomic mass is 35.5. The number of amides is 1. The molecule has 0 aliphatic rings. The lowest BCUT2D eigenvalue weighted by molar-refractivity contribution is 0.0942. The molecular weight excluding hydrogens is 402 g/mol. The molecule has 0 spiro atoms. The molecule has 0 aliphatic heterocycles. The van der Waals surface area contributed by atoms with Gasteiger partial charge in [0.2, 0.25) is 0 Å². The molecule has 30 heavy (non-hydrogen) atoms. The predicted octanol–water partition coefficient (Wildman–Crippen LogP) is 3.52. The lowest BCUT2D eigenvalue weighted by Gasteiger charge is -2.20. The summed E-state index contributed by atoms with van der Waals surface area (Å²) in [5.74, 6) is -0.428. The van der Waals surface area contributed by atoms with Crippen molar-refractivity contribution in [3.8, 4) is 0 Å². The molecule has 7 heteroatoms. The number of methoxy groups -OCH3 is 1. The average molecular weight is 426 g/mol. The van der Waals surface area contributed by atoms with E-state index in [4.69, 9.17) is 16.3 Å². The lowest BCUT2D eigenvalue weighted by Crippen LogP contribution is -2.33. The first-order chi connectivity index (χ1) is 14.5. The van der Waals surface area contributed by atoms with Crippen LogP contribution in [0.3, 0.4) is 0 Å². The van der Waals surface area contributed by atoms with Crippen LogP contribution in [0.4, 0.5) is 0 Å². The second kappa shape index (κ2) is 10.2. The van der Waals surface area contributed by atoms with Crippen molar-refractivity contribution in [1.82, 2.24) is 14.9 Å². The van der Waals surface area contributed by atoms with E-state index in [2.05, 4.69) is 10.3 Å². The van der Waals surface area contributed by atoms with Crippen molar-refractivity contribution >= 4 is 17.5 Å². The van der Waals surface area contributed by atoms with Gasteiger partial charge in [-0.3, -0.25) is 14.6 Å². The number of carbonyl (C=O) groups excluding carboxylic acids is 1. The fourth-order valence-electron chi connectivity index (χ4n) is 3.38. The van der Waals surface area contributed by atoms with Gasteiger partial charge < -0.3 is 14.6 Å². The predicted molar refractivity (Wildman–Crippen MR) is 117 cm³/mol. The Morgan fingerprint density at radius 1 is 1.23 bits per heavy atom. The summed E-state index contributed by atoms with van der Waals surface area (Å²) in [6, 6.07) is 12.8. The van der Waals surface area contributed by atoms with Crippen molar-refractivity contribution in [2.45, 2.75) is 33.0 Å². The van der Waals surface area contributed by atoms with E-state index < -0.39 is 5.91 Å². The molecule has 0 fully saturated rings. The summed E-state index contributed by atoms with van der Waals surface area (Å²) in [6.07, 6.45) is 4.00. The Morgan fingerprint density at radius 3 is 2.73 bits per heavy atom. The third-order valence-electron chi connectivity index (χ3n) is 4.87. The number of ether oxygens (including phenoxy) is 1. The molecule has 0 aliphatic carbocycles. The Labute approximate surface area is 180 Å². The normalized spacial score (nSPS) is 10.8. The van der Waals surface area contributed by atoms with E-state index in [1.54, 1.807) is 25.6 Å². The molecule has 1 amide bonds. The van der Waals surface area contributed by atoms with Crippen molar-refractivity contribution in [1.29, 1.82) is 0 Å². The van der Waals surface area contributed by atoms with E-state index in [1.165, 1.54) is 6.07 Å². The summed E-state index contributed by atoms with van der Waals surface area (Å²) in [5.41, 5.74) is 2.96. The van der Waals surface area contributed by atoms with Crippen LogP contribution >= 0.6 is 11.6 Å². The minimum Gasteiger partial charge on any atom is -0.378 e. The third-order valence-corrected chi connectivity index (χ3v) is 5.24. The fraction of sp³-hybridized carbons (Fsp3) is 0.261. The number of hydrogen-bond donors (Lipinski definition) is 1. The van der Waals surface area contributed by atoms with E-state index >= 15 is 0 Å². The number of hydrogen-bond acceptors (Lipinski definition) is 4. The topological polar surface area (TPSA) is 73.2 Å². The van der Waals surface area contributed by atoms with E-state index in [-0.39, 0.29) is 24.1 Å². The van der Waals surface area contributed by atoms with Gasteiger partial charge in [0.1, 0.15) is 5.56 Å². The zero-order chi connectivity index (χ0) is 21.5. The van der Waals surface area contributed by atoms with Crippen LogP contribution in [0.5, 0.6) is 0 Å². The zero-order valence-electron chi connectivity index (χ0n) is 17.0. The number of aryl methyl sites for hydroxylation is 2. The molecule has 156 valence electrons. The maximum Gasteiger partial charge on any atom is 0.257 e. The minimum absolute atomic E-state index is 0.102. The first kappa shape index (κ1) is 21.7. The number of nitrogens with zero attached hydrogens (tertiary/aromatic N) is 2. The van der Waals surface area contributed by atoms with Crippen LogP contribution in [-0.4, -0.2) is 22.6 Å². The molecule has 3 rings (SSSR count). The van der Waals surface area contributed by atoms with Gasteiger partial charge in [-0.2, -0.15) is 0 Å². The molecule has 0 unspecified atom stereocenters. The summed E-state index contributed by atoms with van der Waals surface area (Å²) in [7, 11) is 1.54. The maximum atomic E-state index is 12.9. The van der Waals surface area contributed by atoms with Crippen LogP contribution in [0, 0.1) is 6.92 Å². The summed E-state index contributed by atoms with van der Waals surface area (Å²) in [6.45, 7) is 2.85. The van der Waals surface area contributed by atoms with Gasteiger partial charge >= 0.3 is 0 Å². The molecular formula is C23H24ClN3O3. The van der Waals surface area contributed by atoms with Gasteiger partial charge in [-0.05, 0) is 36.6 Å². The summed E-state index contributed by atoms with van der Waals surface area (Å²) in [4.78, 5) is 29.6. The second-order valence-corrected chi connectivity index (χ2v) is 7.35. The molecule has 0 saturated heterocycles.